The molecule has 2 fully saturated rings. The van der Waals surface area contributed by atoms with Crippen LogP contribution in [0.3, 0.4) is 0 Å². The normalized spacial score (nSPS) is 20.7. The van der Waals surface area contributed by atoms with Crippen molar-refractivity contribution in [3.05, 3.63) is 34.8 Å². The third-order valence-corrected chi connectivity index (χ3v) is 5.76. The van der Waals surface area contributed by atoms with Crippen molar-refractivity contribution in [3.8, 4) is 0 Å². The molecule has 0 unspecified atom stereocenters. The highest BCUT2D eigenvalue weighted by Gasteiger charge is 2.24. The monoisotopic (exact) mass is 357 g/mol. The smallest absolute Gasteiger partial charge is 0.261 e. The third-order valence-electron chi connectivity index (χ3n) is 4.89. The number of thiophene rings is 1. The molecule has 1 N–H and O–H groups in total. The summed E-state index contributed by atoms with van der Waals surface area (Å²) in [6, 6.07) is 6.03. The van der Waals surface area contributed by atoms with Gasteiger partial charge in [-0.2, -0.15) is 0 Å². The van der Waals surface area contributed by atoms with Crippen molar-refractivity contribution < 1.29 is 4.79 Å². The molecule has 132 valence electrons. The highest BCUT2D eigenvalue weighted by Crippen LogP contribution is 2.24. The maximum Gasteiger partial charge on any atom is 0.261 e. The van der Waals surface area contributed by atoms with Gasteiger partial charge in [0.1, 0.15) is 18.0 Å². The van der Waals surface area contributed by atoms with E-state index < -0.39 is 0 Å². The van der Waals surface area contributed by atoms with E-state index in [1.54, 1.807) is 6.33 Å². The van der Waals surface area contributed by atoms with E-state index in [-0.39, 0.29) is 11.9 Å². The van der Waals surface area contributed by atoms with Gasteiger partial charge in [-0.25, -0.2) is 9.97 Å². The number of nitrogens with zero attached hydrogens (tertiary/aromatic N) is 4. The zero-order valence-corrected chi connectivity index (χ0v) is 15.0. The molecule has 0 aliphatic carbocycles. The molecule has 2 aliphatic rings. The molecule has 0 radical (unpaired) electrons. The van der Waals surface area contributed by atoms with Crippen LogP contribution in [0.4, 0.5) is 11.6 Å². The number of carbonyl (C=O) groups excluding carboxylic acids is 1. The first kappa shape index (κ1) is 16.3. The summed E-state index contributed by atoms with van der Waals surface area (Å²) >= 11 is 1.48. The molecule has 4 heterocycles. The van der Waals surface area contributed by atoms with E-state index in [0.29, 0.717) is 0 Å². The van der Waals surface area contributed by atoms with E-state index in [0.717, 1.165) is 55.5 Å². The Bertz CT molecular complexity index is 714. The number of rotatable bonds is 4. The summed E-state index contributed by atoms with van der Waals surface area (Å²) < 4.78 is 0. The SMILES string of the molecule is O=C(N[C@H]1CCCN(c2cc(N3CCCC3)ncn2)C1)c1cccs1. The van der Waals surface area contributed by atoms with E-state index in [2.05, 4.69) is 31.2 Å². The number of nitrogens with one attached hydrogen (secondary N) is 1. The Morgan fingerprint density at radius 2 is 1.88 bits per heavy atom. The quantitative estimate of drug-likeness (QED) is 0.911. The van der Waals surface area contributed by atoms with E-state index in [4.69, 9.17) is 0 Å². The summed E-state index contributed by atoms with van der Waals surface area (Å²) in [6.07, 6.45) is 6.20. The standard InChI is InChI=1S/C18H23N5OS/c24-18(15-6-4-10-25-15)21-14-5-3-9-23(12-14)17-11-16(19-13-20-17)22-7-1-2-8-22/h4,6,10-11,13-14H,1-3,5,7-9,12H2,(H,21,24)/t14-/m0/s1. The lowest BCUT2D eigenvalue weighted by Crippen LogP contribution is -2.48. The summed E-state index contributed by atoms with van der Waals surface area (Å²) in [6.45, 7) is 3.93. The minimum absolute atomic E-state index is 0.0299. The molecule has 2 aliphatic heterocycles. The number of carbonyl (C=O) groups is 1. The van der Waals surface area contributed by atoms with Crippen LogP contribution < -0.4 is 15.1 Å². The Kier molecular flexibility index (Phi) is 4.83. The number of hydrogen-bond acceptors (Lipinski definition) is 6. The number of anilines is 2. The van der Waals surface area contributed by atoms with Crippen molar-refractivity contribution >= 4 is 28.9 Å². The molecule has 7 heteroatoms. The van der Waals surface area contributed by atoms with Crippen LogP contribution in [-0.4, -0.2) is 48.1 Å². The second-order valence-electron chi connectivity index (χ2n) is 6.66. The molecule has 25 heavy (non-hydrogen) atoms. The van der Waals surface area contributed by atoms with Crippen LogP contribution in [0.1, 0.15) is 35.4 Å². The summed E-state index contributed by atoms with van der Waals surface area (Å²) in [5.74, 6) is 2.02. The molecular formula is C18H23N5OS. The van der Waals surface area contributed by atoms with Gasteiger partial charge >= 0.3 is 0 Å². The van der Waals surface area contributed by atoms with Crippen molar-refractivity contribution in [1.29, 1.82) is 0 Å². The Balaban J connectivity index is 1.42. The second kappa shape index (κ2) is 7.39. The zero-order valence-electron chi connectivity index (χ0n) is 14.2. The van der Waals surface area contributed by atoms with E-state index in [1.807, 2.05) is 17.5 Å². The third kappa shape index (κ3) is 3.76. The molecule has 4 rings (SSSR count). The Morgan fingerprint density at radius 3 is 2.64 bits per heavy atom. The molecule has 2 aromatic heterocycles. The molecule has 0 spiro atoms. The van der Waals surface area contributed by atoms with Gasteiger partial charge in [0, 0.05) is 38.3 Å². The number of piperidine rings is 1. The van der Waals surface area contributed by atoms with Crippen molar-refractivity contribution in [2.45, 2.75) is 31.7 Å². The molecule has 6 nitrogen and oxygen atoms in total. The molecule has 0 bridgehead atoms. The topological polar surface area (TPSA) is 61.4 Å². The van der Waals surface area contributed by atoms with Gasteiger partial charge in [0.25, 0.3) is 5.91 Å². The fraction of sp³-hybridized carbons (Fsp3) is 0.500. The lowest BCUT2D eigenvalue weighted by molar-refractivity contribution is 0.0937. The lowest BCUT2D eigenvalue weighted by atomic mass is 10.1. The lowest BCUT2D eigenvalue weighted by Gasteiger charge is -2.34. The van der Waals surface area contributed by atoms with Crippen molar-refractivity contribution in [3.63, 3.8) is 0 Å². The van der Waals surface area contributed by atoms with Gasteiger partial charge in [-0.05, 0) is 37.1 Å². The summed E-state index contributed by atoms with van der Waals surface area (Å²) in [7, 11) is 0. The van der Waals surface area contributed by atoms with Gasteiger partial charge in [-0.15, -0.1) is 11.3 Å². The number of amides is 1. The molecule has 1 atom stereocenters. The highest BCUT2D eigenvalue weighted by molar-refractivity contribution is 7.12. The molecule has 0 aromatic carbocycles. The van der Waals surface area contributed by atoms with Gasteiger partial charge in [0.15, 0.2) is 0 Å². The fourth-order valence-corrected chi connectivity index (χ4v) is 4.22. The largest absolute Gasteiger partial charge is 0.356 e. The summed E-state index contributed by atoms with van der Waals surface area (Å²) in [4.78, 5) is 26.6. The average Bonchev–Trinajstić information content (AvgIpc) is 3.36. The average molecular weight is 357 g/mol. The predicted molar refractivity (Wildman–Crippen MR) is 100 cm³/mol. The van der Waals surface area contributed by atoms with E-state index in [1.165, 1.54) is 24.2 Å². The Hall–Kier alpha value is -2.15. The minimum Gasteiger partial charge on any atom is -0.356 e. The maximum atomic E-state index is 12.3. The van der Waals surface area contributed by atoms with Crippen LogP contribution >= 0.6 is 11.3 Å². The molecule has 1 amide bonds. The summed E-state index contributed by atoms with van der Waals surface area (Å²) in [5, 5.41) is 5.10. The molecule has 0 saturated carbocycles. The first-order valence-electron chi connectivity index (χ1n) is 8.96. The van der Waals surface area contributed by atoms with Crippen LogP contribution in [0.25, 0.3) is 0 Å². The fourth-order valence-electron chi connectivity index (χ4n) is 3.60. The van der Waals surface area contributed by atoms with E-state index >= 15 is 0 Å². The van der Waals surface area contributed by atoms with Gasteiger partial charge in [-0.3, -0.25) is 4.79 Å². The molecule has 2 saturated heterocycles. The van der Waals surface area contributed by atoms with Crippen molar-refractivity contribution in [2.24, 2.45) is 0 Å². The van der Waals surface area contributed by atoms with Crippen LogP contribution in [0.15, 0.2) is 29.9 Å². The number of hydrogen-bond donors (Lipinski definition) is 1. The number of aromatic nitrogens is 2. The van der Waals surface area contributed by atoms with Crippen LogP contribution in [-0.2, 0) is 0 Å². The highest BCUT2D eigenvalue weighted by atomic mass is 32.1. The van der Waals surface area contributed by atoms with Crippen LogP contribution in [0, 0.1) is 0 Å². The second-order valence-corrected chi connectivity index (χ2v) is 7.61. The van der Waals surface area contributed by atoms with Gasteiger partial charge in [-0.1, -0.05) is 6.07 Å². The zero-order chi connectivity index (χ0) is 17.1. The Morgan fingerprint density at radius 1 is 1.12 bits per heavy atom. The van der Waals surface area contributed by atoms with Crippen LogP contribution in [0.5, 0.6) is 0 Å². The van der Waals surface area contributed by atoms with Crippen molar-refractivity contribution in [2.75, 3.05) is 36.0 Å². The van der Waals surface area contributed by atoms with E-state index in [9.17, 15) is 4.79 Å². The molecule has 2 aromatic rings. The van der Waals surface area contributed by atoms with Crippen LogP contribution in [0.2, 0.25) is 0 Å². The Labute approximate surface area is 151 Å². The minimum atomic E-state index is 0.0299. The van der Waals surface area contributed by atoms with Gasteiger partial charge in [0.2, 0.25) is 0 Å². The predicted octanol–water partition coefficient (Wildman–Crippen LogP) is 2.54. The first-order chi connectivity index (χ1) is 12.3. The first-order valence-corrected chi connectivity index (χ1v) is 9.84. The maximum absolute atomic E-state index is 12.3. The molecular weight excluding hydrogens is 334 g/mol. The van der Waals surface area contributed by atoms with Crippen molar-refractivity contribution in [1.82, 2.24) is 15.3 Å². The van der Waals surface area contributed by atoms with Gasteiger partial charge in [0.05, 0.1) is 4.88 Å². The van der Waals surface area contributed by atoms with Gasteiger partial charge < -0.3 is 15.1 Å². The summed E-state index contributed by atoms with van der Waals surface area (Å²) in [5.41, 5.74) is 0.